The van der Waals surface area contributed by atoms with Gasteiger partial charge in [-0.15, -0.1) is 0 Å². The maximum Gasteiger partial charge on any atom is 0.200 e. The average Bonchev–Trinajstić information content (AvgIpc) is 2.88. The number of hydrogen-bond acceptors (Lipinski definition) is 3. The van der Waals surface area contributed by atoms with Crippen LogP contribution in [-0.4, -0.2) is 18.8 Å². The fourth-order valence-electron chi connectivity index (χ4n) is 2.81. The van der Waals surface area contributed by atoms with E-state index in [1.54, 1.807) is 5.94 Å². The van der Waals surface area contributed by atoms with Gasteiger partial charge < -0.3 is 4.74 Å². The lowest BCUT2D eigenvalue weighted by Gasteiger charge is -2.05. The summed E-state index contributed by atoms with van der Waals surface area (Å²) in [7, 11) is 1.48. The summed E-state index contributed by atoms with van der Waals surface area (Å²) < 4.78 is 4.90. The van der Waals surface area contributed by atoms with Crippen molar-refractivity contribution in [3.8, 4) is 0 Å². The Morgan fingerprint density at radius 1 is 1.24 bits per heavy atom. The monoisotopic (exact) mass is 364 g/mol. The summed E-state index contributed by atoms with van der Waals surface area (Å²) in [6.45, 7) is 2.20. The van der Waals surface area contributed by atoms with Crippen molar-refractivity contribution >= 4 is 23.3 Å². The number of hydrogen-bond donors (Lipinski definition) is 0. The summed E-state index contributed by atoms with van der Waals surface area (Å²) in [6, 6.07) is 0. The van der Waals surface area contributed by atoms with Gasteiger partial charge in [0.2, 0.25) is 5.78 Å². The molecule has 138 valence electrons. The van der Waals surface area contributed by atoms with Crippen LogP contribution < -0.4 is 0 Å². The molecule has 0 saturated heterocycles. The molecule has 1 rings (SSSR count). The van der Waals surface area contributed by atoms with Crippen molar-refractivity contribution in [1.82, 2.24) is 0 Å². The Kier molecular flexibility index (Phi) is 10.9. The standard InChI is InChI=1S/C21H29ClO3/c1-3-4-5-6-7-9-12-17-15-20(22)21(24)19(17)14-11-8-10-13-18(16-23)25-2/h9,12,14-15,17H,3-8,10-11,13H2,1-2H3/t17-/m0/s1. The zero-order valence-electron chi connectivity index (χ0n) is 15.4. The second-order valence-corrected chi connectivity index (χ2v) is 6.69. The van der Waals surface area contributed by atoms with Gasteiger partial charge in [0.1, 0.15) is 0 Å². The zero-order valence-corrected chi connectivity index (χ0v) is 16.1. The highest BCUT2D eigenvalue weighted by Crippen LogP contribution is 2.31. The Labute approximate surface area is 156 Å². The lowest BCUT2D eigenvalue weighted by Crippen LogP contribution is -2.01. The molecule has 0 saturated carbocycles. The molecule has 1 aliphatic rings. The van der Waals surface area contributed by atoms with Crippen LogP contribution in [0.5, 0.6) is 0 Å². The summed E-state index contributed by atoms with van der Waals surface area (Å²) in [4.78, 5) is 22.7. The van der Waals surface area contributed by atoms with Crippen molar-refractivity contribution < 1.29 is 14.3 Å². The molecule has 25 heavy (non-hydrogen) atoms. The normalized spacial score (nSPS) is 18.7. The van der Waals surface area contributed by atoms with Crippen LogP contribution in [0.1, 0.15) is 64.7 Å². The summed E-state index contributed by atoms with van der Waals surface area (Å²) in [5.41, 5.74) is 0.771. The second kappa shape index (κ2) is 12.7. The van der Waals surface area contributed by atoms with Crippen molar-refractivity contribution in [2.45, 2.75) is 64.7 Å². The number of Topliss-reactive ketones (excluding diaryl/α,β-unsaturated/α-hetero) is 1. The van der Waals surface area contributed by atoms with E-state index in [-0.39, 0.29) is 11.7 Å². The SMILES string of the molecule is CCCCCCC=C[C@H]1C=C(Cl)C(=O)C1=CCCCCC(=C=O)OC. The number of carbonyl (C=O) groups is 1. The summed E-state index contributed by atoms with van der Waals surface area (Å²) in [5.74, 6) is 2.06. The topological polar surface area (TPSA) is 43.4 Å². The molecule has 0 aliphatic heterocycles. The zero-order chi connectivity index (χ0) is 18.5. The number of ether oxygens (including phenoxy) is 1. The Bertz CT molecular complexity index is 566. The molecular formula is C21H29ClO3. The van der Waals surface area contributed by atoms with E-state index in [0.717, 1.165) is 31.3 Å². The van der Waals surface area contributed by atoms with Crippen molar-refractivity contribution in [3.05, 3.63) is 40.7 Å². The molecule has 3 nitrogen and oxygen atoms in total. The van der Waals surface area contributed by atoms with Crippen molar-refractivity contribution in [2.75, 3.05) is 7.11 Å². The minimum atomic E-state index is -0.0623. The molecule has 0 spiro atoms. The number of halogens is 1. The van der Waals surface area contributed by atoms with Crippen LogP contribution in [0.4, 0.5) is 0 Å². The minimum Gasteiger partial charge on any atom is -0.490 e. The minimum absolute atomic E-state index is 0.00409. The molecule has 0 unspecified atom stereocenters. The summed E-state index contributed by atoms with van der Waals surface area (Å²) >= 11 is 6.03. The molecular weight excluding hydrogens is 336 g/mol. The van der Waals surface area contributed by atoms with Crippen LogP contribution in [-0.2, 0) is 14.3 Å². The van der Waals surface area contributed by atoms with Gasteiger partial charge in [0, 0.05) is 17.9 Å². The lowest BCUT2D eigenvalue weighted by atomic mass is 9.98. The predicted octanol–water partition coefficient (Wildman–Crippen LogP) is 5.68. The van der Waals surface area contributed by atoms with E-state index >= 15 is 0 Å². The van der Waals surface area contributed by atoms with Crippen LogP contribution >= 0.6 is 11.6 Å². The van der Waals surface area contributed by atoms with Gasteiger partial charge in [-0.1, -0.05) is 62.1 Å². The molecule has 0 fully saturated rings. The third-order valence-corrected chi connectivity index (χ3v) is 4.61. The van der Waals surface area contributed by atoms with E-state index in [9.17, 15) is 9.59 Å². The summed E-state index contributed by atoms with van der Waals surface area (Å²) in [6.07, 6.45) is 17.1. The van der Waals surface area contributed by atoms with E-state index in [0.29, 0.717) is 17.2 Å². The van der Waals surface area contributed by atoms with Gasteiger partial charge in [-0.25, -0.2) is 4.79 Å². The number of carbonyl (C=O) groups excluding carboxylic acids is 2. The number of ketones is 1. The van der Waals surface area contributed by atoms with E-state index < -0.39 is 0 Å². The molecule has 0 N–H and O–H groups in total. The van der Waals surface area contributed by atoms with Gasteiger partial charge in [-0.3, -0.25) is 4.79 Å². The fourth-order valence-corrected chi connectivity index (χ4v) is 3.06. The number of unbranched alkanes of at least 4 members (excludes halogenated alkanes) is 6. The molecule has 0 heterocycles. The van der Waals surface area contributed by atoms with E-state index in [1.807, 2.05) is 12.2 Å². The van der Waals surface area contributed by atoms with Crippen molar-refractivity contribution in [3.63, 3.8) is 0 Å². The van der Waals surface area contributed by atoms with Crippen molar-refractivity contribution in [2.24, 2.45) is 5.92 Å². The molecule has 1 aliphatic carbocycles. The molecule has 0 aromatic carbocycles. The first-order valence-corrected chi connectivity index (χ1v) is 9.58. The van der Waals surface area contributed by atoms with Crippen LogP contribution in [0.25, 0.3) is 0 Å². The second-order valence-electron chi connectivity index (χ2n) is 6.28. The number of methoxy groups -OCH3 is 1. The molecule has 0 amide bonds. The van der Waals surface area contributed by atoms with E-state index in [1.165, 1.54) is 32.8 Å². The van der Waals surface area contributed by atoms with E-state index in [4.69, 9.17) is 16.3 Å². The quantitative estimate of drug-likeness (QED) is 0.147. The van der Waals surface area contributed by atoms with Gasteiger partial charge in [0.15, 0.2) is 11.7 Å². The molecule has 0 bridgehead atoms. The third-order valence-electron chi connectivity index (χ3n) is 4.31. The number of allylic oxidation sites excluding steroid dienone is 7. The fraction of sp³-hybridized carbons (Fsp3) is 0.571. The maximum atomic E-state index is 12.2. The highest BCUT2D eigenvalue weighted by molar-refractivity contribution is 6.46. The third kappa shape index (κ3) is 7.90. The first kappa shape index (κ1) is 21.5. The van der Waals surface area contributed by atoms with E-state index in [2.05, 4.69) is 19.1 Å². The van der Waals surface area contributed by atoms with Crippen LogP contribution in [0.15, 0.2) is 40.7 Å². The molecule has 1 atom stereocenters. The molecule has 0 aromatic rings. The Morgan fingerprint density at radius 3 is 2.68 bits per heavy atom. The van der Waals surface area contributed by atoms with Crippen LogP contribution in [0.3, 0.4) is 0 Å². The highest BCUT2D eigenvalue weighted by atomic mass is 35.5. The van der Waals surface area contributed by atoms with Gasteiger partial charge in [0.25, 0.3) is 0 Å². The van der Waals surface area contributed by atoms with Gasteiger partial charge in [-0.2, -0.15) is 0 Å². The lowest BCUT2D eigenvalue weighted by molar-refractivity contribution is -0.111. The maximum absolute atomic E-state index is 12.2. The number of rotatable bonds is 12. The molecule has 0 aromatic heterocycles. The molecule has 0 radical (unpaired) electrons. The average molecular weight is 365 g/mol. The van der Waals surface area contributed by atoms with Gasteiger partial charge >= 0.3 is 0 Å². The van der Waals surface area contributed by atoms with Gasteiger partial charge in [0.05, 0.1) is 12.1 Å². The van der Waals surface area contributed by atoms with Crippen LogP contribution in [0, 0.1) is 5.92 Å². The smallest absolute Gasteiger partial charge is 0.200 e. The van der Waals surface area contributed by atoms with Crippen LogP contribution in [0.2, 0.25) is 0 Å². The Balaban J connectivity index is 2.47. The molecule has 4 heteroatoms. The first-order valence-electron chi connectivity index (χ1n) is 9.20. The van der Waals surface area contributed by atoms with Gasteiger partial charge in [-0.05, 0) is 32.1 Å². The largest absolute Gasteiger partial charge is 0.490 e. The Hall–Kier alpha value is -1.57. The Morgan fingerprint density at radius 2 is 2.00 bits per heavy atom. The first-order chi connectivity index (χ1) is 12.1. The highest BCUT2D eigenvalue weighted by Gasteiger charge is 2.26. The summed E-state index contributed by atoms with van der Waals surface area (Å²) in [5, 5.41) is 0.317. The predicted molar refractivity (Wildman–Crippen MR) is 103 cm³/mol. The van der Waals surface area contributed by atoms with Crippen molar-refractivity contribution in [1.29, 1.82) is 0 Å².